The number of aromatic amines is 1. The number of aromatic nitrogens is 3. The third-order valence-electron chi connectivity index (χ3n) is 6.13. The third-order valence-corrected chi connectivity index (χ3v) is 6.13. The molecule has 0 aliphatic carbocycles. The van der Waals surface area contributed by atoms with Crippen LogP contribution in [0.1, 0.15) is 11.1 Å². The van der Waals surface area contributed by atoms with E-state index in [2.05, 4.69) is 27.1 Å². The predicted octanol–water partition coefficient (Wildman–Crippen LogP) is 5.61. The highest BCUT2D eigenvalue weighted by molar-refractivity contribution is 5.94. The van der Waals surface area contributed by atoms with Crippen LogP contribution in [0, 0.1) is 5.82 Å². The van der Waals surface area contributed by atoms with Crippen LogP contribution in [-0.4, -0.2) is 45.9 Å². The van der Waals surface area contributed by atoms with Crippen LogP contribution >= 0.6 is 0 Å². The minimum atomic E-state index is -4.53. The lowest BCUT2D eigenvalue weighted by molar-refractivity contribution is -0.137. The summed E-state index contributed by atoms with van der Waals surface area (Å²) in [5.74, 6) is -0.665. The van der Waals surface area contributed by atoms with Crippen LogP contribution in [0.15, 0.2) is 73.2 Å². The molecule has 2 aromatic heterocycles. The van der Waals surface area contributed by atoms with Crippen LogP contribution in [0.3, 0.4) is 0 Å². The van der Waals surface area contributed by atoms with Crippen LogP contribution in [0.5, 0.6) is 0 Å². The molecule has 5 rings (SSSR count). The van der Waals surface area contributed by atoms with E-state index in [1.165, 1.54) is 0 Å². The first-order valence-corrected chi connectivity index (χ1v) is 11.3. The molecule has 1 atom stereocenters. The molecule has 4 aromatic rings. The molecule has 1 saturated heterocycles. The average molecular weight is 497 g/mol. The highest BCUT2D eigenvalue weighted by atomic mass is 19.4. The fourth-order valence-electron chi connectivity index (χ4n) is 4.26. The maximum Gasteiger partial charge on any atom is 0.416 e. The molecule has 1 aliphatic heterocycles. The quantitative estimate of drug-likeness (QED) is 0.339. The molecular formula is C26H23F4N5O. The van der Waals surface area contributed by atoms with E-state index in [9.17, 15) is 17.6 Å². The van der Waals surface area contributed by atoms with Crippen LogP contribution < -0.4 is 5.32 Å². The smallest absolute Gasteiger partial charge is 0.369 e. The number of fused-ring (bicyclic) bond motifs is 1. The van der Waals surface area contributed by atoms with Gasteiger partial charge in [0, 0.05) is 59.9 Å². The Hall–Kier alpha value is -3.76. The van der Waals surface area contributed by atoms with Gasteiger partial charge in [0.1, 0.15) is 17.6 Å². The zero-order chi connectivity index (χ0) is 25.3. The minimum Gasteiger partial charge on any atom is -0.369 e. The average Bonchev–Trinajstić information content (AvgIpc) is 3.29. The van der Waals surface area contributed by atoms with E-state index in [4.69, 9.17) is 4.74 Å². The Morgan fingerprint density at radius 3 is 2.72 bits per heavy atom. The summed E-state index contributed by atoms with van der Waals surface area (Å²) in [5.41, 5.74) is 3.12. The summed E-state index contributed by atoms with van der Waals surface area (Å²) in [6.07, 6.45) is -1.54. The van der Waals surface area contributed by atoms with Gasteiger partial charge in [0.2, 0.25) is 0 Å². The first kappa shape index (κ1) is 24.0. The SMILES string of the molecule is C=C(Nc1ccc2[nH]nc(-c3ccncc3)c2c1)C1CN(Cc2cc(C(F)(F)F)ccc2F)CCO1. The van der Waals surface area contributed by atoms with Crippen molar-refractivity contribution in [2.75, 3.05) is 25.0 Å². The molecule has 2 aromatic carbocycles. The maximum absolute atomic E-state index is 14.2. The molecular weight excluding hydrogens is 474 g/mol. The van der Waals surface area contributed by atoms with E-state index in [1.54, 1.807) is 12.4 Å². The molecule has 1 unspecified atom stereocenters. The van der Waals surface area contributed by atoms with Gasteiger partial charge in [-0.05, 0) is 48.5 Å². The Bertz CT molecular complexity index is 1390. The van der Waals surface area contributed by atoms with Gasteiger partial charge in [0.15, 0.2) is 0 Å². The number of H-pyrrole nitrogens is 1. The standard InChI is InChI=1S/C26H23F4N5O/c1-16(32-20-3-5-23-21(13-20)25(34-33-23)17-6-8-31-9-7-17)24-15-35(10-11-36-24)14-18-12-19(26(28,29)30)2-4-22(18)27/h2-9,12-13,24,32H,1,10-11,14-15H2,(H,33,34). The molecule has 0 spiro atoms. The Morgan fingerprint density at radius 2 is 1.94 bits per heavy atom. The van der Waals surface area contributed by atoms with Crippen molar-refractivity contribution in [2.24, 2.45) is 0 Å². The monoisotopic (exact) mass is 497 g/mol. The number of hydrogen-bond donors (Lipinski definition) is 2. The van der Waals surface area contributed by atoms with Gasteiger partial charge >= 0.3 is 6.18 Å². The van der Waals surface area contributed by atoms with Crippen molar-refractivity contribution in [2.45, 2.75) is 18.8 Å². The van der Waals surface area contributed by atoms with Gasteiger partial charge in [-0.25, -0.2) is 4.39 Å². The summed E-state index contributed by atoms with van der Waals surface area (Å²) >= 11 is 0. The first-order valence-electron chi connectivity index (χ1n) is 11.3. The normalized spacial score (nSPS) is 16.8. The van der Waals surface area contributed by atoms with Crippen molar-refractivity contribution in [3.63, 3.8) is 0 Å². The summed E-state index contributed by atoms with van der Waals surface area (Å²) in [7, 11) is 0. The molecule has 0 bridgehead atoms. The number of rotatable bonds is 6. The maximum atomic E-state index is 14.2. The Balaban J connectivity index is 1.28. The molecule has 1 fully saturated rings. The van der Waals surface area contributed by atoms with E-state index >= 15 is 0 Å². The highest BCUT2D eigenvalue weighted by Crippen LogP contribution is 2.31. The van der Waals surface area contributed by atoms with Crippen LogP contribution in [0.25, 0.3) is 22.2 Å². The lowest BCUT2D eigenvalue weighted by Crippen LogP contribution is -2.43. The topological polar surface area (TPSA) is 66.1 Å². The molecule has 3 heterocycles. The van der Waals surface area contributed by atoms with E-state index in [-0.39, 0.29) is 12.1 Å². The summed E-state index contributed by atoms with van der Waals surface area (Å²) in [4.78, 5) is 5.91. The lowest BCUT2D eigenvalue weighted by atomic mass is 10.1. The molecule has 0 amide bonds. The van der Waals surface area contributed by atoms with Crippen molar-refractivity contribution in [1.29, 1.82) is 0 Å². The fraction of sp³-hybridized carbons (Fsp3) is 0.231. The second kappa shape index (κ2) is 9.71. The number of nitrogens with one attached hydrogen (secondary N) is 2. The predicted molar refractivity (Wildman–Crippen MR) is 129 cm³/mol. The van der Waals surface area contributed by atoms with Gasteiger partial charge in [-0.15, -0.1) is 0 Å². The molecule has 6 nitrogen and oxygen atoms in total. The number of anilines is 1. The molecule has 0 radical (unpaired) electrons. The van der Waals surface area contributed by atoms with Crippen molar-refractivity contribution >= 4 is 16.6 Å². The van der Waals surface area contributed by atoms with E-state index in [0.717, 1.165) is 46.0 Å². The first-order chi connectivity index (χ1) is 17.3. The second-order valence-corrected chi connectivity index (χ2v) is 8.62. The number of nitrogens with zero attached hydrogens (tertiary/aromatic N) is 3. The fourth-order valence-corrected chi connectivity index (χ4v) is 4.26. The molecule has 186 valence electrons. The molecule has 2 N–H and O–H groups in total. The van der Waals surface area contributed by atoms with E-state index in [0.29, 0.717) is 25.4 Å². The summed E-state index contributed by atoms with van der Waals surface area (Å²) in [6.45, 7) is 5.32. The Labute approximate surface area is 204 Å². The number of hydrogen-bond acceptors (Lipinski definition) is 5. The number of halogens is 4. The zero-order valence-electron chi connectivity index (χ0n) is 19.1. The molecule has 1 aliphatic rings. The number of pyridine rings is 1. The lowest BCUT2D eigenvalue weighted by Gasteiger charge is -2.34. The van der Waals surface area contributed by atoms with Gasteiger partial charge in [-0.3, -0.25) is 15.0 Å². The number of morpholine rings is 1. The van der Waals surface area contributed by atoms with E-state index in [1.807, 2.05) is 35.2 Å². The van der Waals surface area contributed by atoms with Gasteiger partial charge in [-0.1, -0.05) is 6.58 Å². The summed E-state index contributed by atoms with van der Waals surface area (Å²) < 4.78 is 59.3. The molecule has 10 heteroatoms. The highest BCUT2D eigenvalue weighted by Gasteiger charge is 2.31. The van der Waals surface area contributed by atoms with Gasteiger partial charge in [-0.2, -0.15) is 18.3 Å². The van der Waals surface area contributed by atoms with Crippen molar-refractivity contribution < 1.29 is 22.3 Å². The van der Waals surface area contributed by atoms with Gasteiger partial charge < -0.3 is 10.1 Å². The number of ether oxygens (including phenoxy) is 1. The Morgan fingerprint density at radius 1 is 1.14 bits per heavy atom. The number of benzene rings is 2. The van der Waals surface area contributed by atoms with Crippen molar-refractivity contribution in [3.05, 3.63) is 90.1 Å². The van der Waals surface area contributed by atoms with Gasteiger partial charge in [0.05, 0.1) is 17.7 Å². The van der Waals surface area contributed by atoms with Crippen LogP contribution in [0.2, 0.25) is 0 Å². The largest absolute Gasteiger partial charge is 0.416 e. The summed E-state index contributed by atoms with van der Waals surface area (Å²) in [5, 5.41) is 11.6. The molecule has 0 saturated carbocycles. The number of alkyl halides is 3. The van der Waals surface area contributed by atoms with Gasteiger partial charge in [0.25, 0.3) is 0 Å². The van der Waals surface area contributed by atoms with E-state index < -0.39 is 23.7 Å². The molecule has 36 heavy (non-hydrogen) atoms. The van der Waals surface area contributed by atoms with Crippen molar-refractivity contribution in [3.8, 4) is 11.3 Å². The Kier molecular flexibility index (Phi) is 6.46. The van der Waals surface area contributed by atoms with Crippen LogP contribution in [-0.2, 0) is 17.5 Å². The minimum absolute atomic E-state index is 0.00176. The summed E-state index contributed by atoms with van der Waals surface area (Å²) in [6, 6.07) is 12.0. The van der Waals surface area contributed by atoms with Crippen LogP contribution in [0.4, 0.5) is 23.2 Å². The third kappa shape index (κ3) is 5.09. The zero-order valence-corrected chi connectivity index (χ0v) is 19.1. The second-order valence-electron chi connectivity index (χ2n) is 8.62. The van der Waals surface area contributed by atoms with Crippen molar-refractivity contribution in [1.82, 2.24) is 20.1 Å².